The Bertz CT molecular complexity index is 458. The van der Waals surface area contributed by atoms with Crippen LogP contribution in [0.25, 0.3) is 0 Å². The summed E-state index contributed by atoms with van der Waals surface area (Å²) >= 11 is 0. The van der Waals surface area contributed by atoms with Crippen molar-refractivity contribution in [2.75, 3.05) is 19.7 Å². The SMILES string of the molecule is CC(C)[C@@H]1CN2C[C@@H](NC(=O)c3ccoc3)C[C@H]2CO1. The molecule has 0 aromatic carbocycles. The predicted octanol–water partition coefficient (Wildman–Crippen LogP) is 1.51. The highest BCUT2D eigenvalue weighted by Crippen LogP contribution is 2.25. The second-order valence-electron chi connectivity index (χ2n) is 6.14. The van der Waals surface area contributed by atoms with Crippen LogP contribution in [-0.4, -0.2) is 48.7 Å². The zero-order chi connectivity index (χ0) is 14.1. The van der Waals surface area contributed by atoms with Gasteiger partial charge in [-0.25, -0.2) is 0 Å². The lowest BCUT2D eigenvalue weighted by atomic mass is 10.0. The Kier molecular flexibility index (Phi) is 3.81. The molecule has 1 aromatic heterocycles. The van der Waals surface area contributed by atoms with Crippen LogP contribution in [0.4, 0.5) is 0 Å². The zero-order valence-electron chi connectivity index (χ0n) is 12.0. The zero-order valence-corrected chi connectivity index (χ0v) is 12.0. The molecule has 0 aliphatic carbocycles. The number of morpholine rings is 1. The van der Waals surface area contributed by atoms with Gasteiger partial charge in [0, 0.05) is 25.2 Å². The van der Waals surface area contributed by atoms with Crippen molar-refractivity contribution in [3.05, 3.63) is 24.2 Å². The molecular formula is C15H22N2O3. The summed E-state index contributed by atoms with van der Waals surface area (Å²) < 4.78 is 10.9. The fourth-order valence-corrected chi connectivity index (χ4v) is 3.07. The molecule has 3 heterocycles. The van der Waals surface area contributed by atoms with E-state index in [0.29, 0.717) is 23.6 Å². The van der Waals surface area contributed by atoms with E-state index in [-0.39, 0.29) is 11.9 Å². The number of nitrogens with zero attached hydrogens (tertiary/aromatic N) is 1. The molecule has 0 unspecified atom stereocenters. The Morgan fingerprint density at radius 1 is 1.45 bits per heavy atom. The normalized spacial score (nSPS) is 30.4. The van der Waals surface area contributed by atoms with Crippen molar-refractivity contribution >= 4 is 5.91 Å². The van der Waals surface area contributed by atoms with Crippen LogP contribution in [-0.2, 0) is 4.74 Å². The van der Waals surface area contributed by atoms with Crippen molar-refractivity contribution < 1.29 is 13.9 Å². The molecule has 20 heavy (non-hydrogen) atoms. The van der Waals surface area contributed by atoms with E-state index in [2.05, 4.69) is 24.1 Å². The summed E-state index contributed by atoms with van der Waals surface area (Å²) in [5.74, 6) is 0.487. The summed E-state index contributed by atoms with van der Waals surface area (Å²) in [6.45, 7) is 7.06. The van der Waals surface area contributed by atoms with Crippen LogP contribution < -0.4 is 5.32 Å². The number of hydrogen-bond acceptors (Lipinski definition) is 4. The van der Waals surface area contributed by atoms with Crippen LogP contribution in [0, 0.1) is 5.92 Å². The van der Waals surface area contributed by atoms with Gasteiger partial charge >= 0.3 is 0 Å². The number of nitrogens with one attached hydrogen (secondary N) is 1. The molecule has 5 nitrogen and oxygen atoms in total. The van der Waals surface area contributed by atoms with Crippen LogP contribution in [0.1, 0.15) is 30.6 Å². The van der Waals surface area contributed by atoms with Gasteiger partial charge in [-0.15, -0.1) is 0 Å². The minimum Gasteiger partial charge on any atom is -0.472 e. The number of carbonyl (C=O) groups is 1. The first-order chi connectivity index (χ1) is 9.63. The average Bonchev–Trinajstić information content (AvgIpc) is 3.06. The summed E-state index contributed by atoms with van der Waals surface area (Å²) in [6, 6.07) is 2.34. The highest BCUT2D eigenvalue weighted by molar-refractivity contribution is 5.93. The maximum Gasteiger partial charge on any atom is 0.254 e. The number of amides is 1. The maximum atomic E-state index is 12.0. The molecule has 110 valence electrons. The Labute approximate surface area is 119 Å². The quantitative estimate of drug-likeness (QED) is 0.910. The van der Waals surface area contributed by atoms with Crippen molar-refractivity contribution in [2.24, 2.45) is 5.92 Å². The van der Waals surface area contributed by atoms with Gasteiger partial charge < -0.3 is 14.5 Å². The summed E-state index contributed by atoms with van der Waals surface area (Å²) in [6.07, 6.45) is 4.28. The largest absolute Gasteiger partial charge is 0.472 e. The second-order valence-corrected chi connectivity index (χ2v) is 6.14. The van der Waals surface area contributed by atoms with E-state index in [9.17, 15) is 4.79 Å². The van der Waals surface area contributed by atoms with Crippen molar-refractivity contribution in [3.63, 3.8) is 0 Å². The first-order valence-corrected chi connectivity index (χ1v) is 7.32. The van der Waals surface area contributed by atoms with E-state index >= 15 is 0 Å². The third-order valence-corrected chi connectivity index (χ3v) is 4.31. The van der Waals surface area contributed by atoms with E-state index in [0.717, 1.165) is 26.1 Å². The third-order valence-electron chi connectivity index (χ3n) is 4.31. The van der Waals surface area contributed by atoms with E-state index in [1.807, 2.05) is 0 Å². The lowest BCUT2D eigenvalue weighted by molar-refractivity contribution is -0.0683. The number of furan rings is 1. The number of rotatable bonds is 3. The standard InChI is InChI=1S/C15H22N2O3/c1-10(2)14-7-17-6-12(5-13(17)9-20-14)16-15(18)11-3-4-19-8-11/h3-4,8,10,12-14H,5-7,9H2,1-2H3,(H,16,18)/t12-,13-,14-/m0/s1. The number of ether oxygens (including phenoxy) is 1. The molecular weight excluding hydrogens is 256 g/mol. The molecule has 2 aliphatic rings. The molecule has 0 bridgehead atoms. The van der Waals surface area contributed by atoms with Gasteiger partial charge in [0.1, 0.15) is 6.26 Å². The van der Waals surface area contributed by atoms with Gasteiger partial charge in [-0.1, -0.05) is 13.8 Å². The Balaban J connectivity index is 1.56. The monoisotopic (exact) mass is 278 g/mol. The first-order valence-electron chi connectivity index (χ1n) is 7.32. The molecule has 2 fully saturated rings. The molecule has 1 aromatic rings. The molecule has 2 aliphatic heterocycles. The summed E-state index contributed by atoms with van der Waals surface area (Å²) in [5.41, 5.74) is 0.589. The first kappa shape index (κ1) is 13.6. The number of carbonyl (C=O) groups excluding carboxylic acids is 1. The molecule has 0 saturated carbocycles. The summed E-state index contributed by atoms with van der Waals surface area (Å²) in [4.78, 5) is 14.5. The van der Waals surface area contributed by atoms with Crippen LogP contribution in [0.5, 0.6) is 0 Å². The van der Waals surface area contributed by atoms with E-state index in [1.165, 1.54) is 12.5 Å². The fraction of sp³-hybridized carbons (Fsp3) is 0.667. The average molecular weight is 278 g/mol. The van der Waals surface area contributed by atoms with Crippen molar-refractivity contribution in [1.29, 1.82) is 0 Å². The van der Waals surface area contributed by atoms with Crippen LogP contribution in [0.15, 0.2) is 23.0 Å². The van der Waals surface area contributed by atoms with Crippen LogP contribution >= 0.6 is 0 Å². The van der Waals surface area contributed by atoms with Gasteiger partial charge in [-0.3, -0.25) is 9.69 Å². The van der Waals surface area contributed by atoms with Gasteiger partial charge in [-0.2, -0.15) is 0 Å². The minimum atomic E-state index is -0.0510. The third kappa shape index (κ3) is 2.74. The van der Waals surface area contributed by atoms with Crippen LogP contribution in [0.3, 0.4) is 0 Å². The molecule has 5 heteroatoms. The molecule has 3 atom stereocenters. The molecule has 2 saturated heterocycles. The topological polar surface area (TPSA) is 54.7 Å². The Morgan fingerprint density at radius 2 is 2.30 bits per heavy atom. The molecule has 0 spiro atoms. The van der Waals surface area contributed by atoms with Crippen molar-refractivity contribution in [2.45, 2.75) is 38.5 Å². The van der Waals surface area contributed by atoms with E-state index in [1.54, 1.807) is 6.07 Å². The molecule has 3 rings (SSSR count). The number of hydrogen-bond donors (Lipinski definition) is 1. The Hall–Kier alpha value is -1.33. The van der Waals surface area contributed by atoms with Gasteiger partial charge in [0.25, 0.3) is 5.91 Å². The lowest BCUT2D eigenvalue weighted by Gasteiger charge is -2.36. The highest BCUT2D eigenvalue weighted by Gasteiger charge is 2.38. The highest BCUT2D eigenvalue weighted by atomic mass is 16.5. The van der Waals surface area contributed by atoms with Crippen molar-refractivity contribution in [3.8, 4) is 0 Å². The minimum absolute atomic E-state index is 0.0510. The lowest BCUT2D eigenvalue weighted by Crippen LogP contribution is -2.48. The van der Waals surface area contributed by atoms with Gasteiger partial charge in [0.05, 0.1) is 24.5 Å². The Morgan fingerprint density at radius 3 is 3.00 bits per heavy atom. The molecule has 1 amide bonds. The summed E-state index contributed by atoms with van der Waals surface area (Å²) in [5, 5.41) is 3.09. The smallest absolute Gasteiger partial charge is 0.254 e. The van der Waals surface area contributed by atoms with Gasteiger partial charge in [-0.05, 0) is 18.4 Å². The predicted molar refractivity (Wildman–Crippen MR) is 74.5 cm³/mol. The van der Waals surface area contributed by atoms with Gasteiger partial charge in [0.15, 0.2) is 0 Å². The molecule has 0 radical (unpaired) electrons. The fourth-order valence-electron chi connectivity index (χ4n) is 3.07. The molecule has 1 N–H and O–H groups in total. The van der Waals surface area contributed by atoms with E-state index < -0.39 is 0 Å². The van der Waals surface area contributed by atoms with Crippen LogP contribution in [0.2, 0.25) is 0 Å². The number of fused-ring (bicyclic) bond motifs is 1. The van der Waals surface area contributed by atoms with Gasteiger partial charge in [0.2, 0.25) is 0 Å². The summed E-state index contributed by atoms with van der Waals surface area (Å²) in [7, 11) is 0. The second kappa shape index (κ2) is 5.58. The maximum absolute atomic E-state index is 12.0. The van der Waals surface area contributed by atoms with Crippen molar-refractivity contribution in [1.82, 2.24) is 10.2 Å². The van der Waals surface area contributed by atoms with E-state index in [4.69, 9.17) is 9.15 Å².